The van der Waals surface area contributed by atoms with Crippen LogP contribution in [0.2, 0.25) is 0 Å². The van der Waals surface area contributed by atoms with Crippen molar-refractivity contribution in [2.45, 2.75) is 6.61 Å². The zero-order valence-electron chi connectivity index (χ0n) is 18.1. The molecule has 0 saturated heterocycles. The number of carbonyl (C=O) groups excluding carboxylic acids is 1. The highest BCUT2D eigenvalue weighted by molar-refractivity contribution is 6.09. The Labute approximate surface area is 192 Å². The number of methoxy groups -OCH3 is 1. The fourth-order valence-corrected chi connectivity index (χ4v) is 3.48. The average molecular weight is 434 g/mol. The van der Waals surface area contributed by atoms with Crippen molar-refractivity contribution in [2.75, 3.05) is 12.4 Å². The molecule has 0 heterocycles. The lowest BCUT2D eigenvalue weighted by Gasteiger charge is -2.12. The molecule has 0 aliphatic rings. The second-order valence-electron chi connectivity index (χ2n) is 7.32. The van der Waals surface area contributed by atoms with Crippen LogP contribution in [0.4, 0.5) is 5.69 Å². The maximum Gasteiger partial charge on any atom is 0.266 e. The Morgan fingerprint density at radius 3 is 2.45 bits per heavy atom. The van der Waals surface area contributed by atoms with Crippen molar-refractivity contribution in [2.24, 2.45) is 0 Å². The summed E-state index contributed by atoms with van der Waals surface area (Å²) < 4.78 is 11.2. The molecule has 0 saturated carbocycles. The molecule has 1 amide bonds. The summed E-state index contributed by atoms with van der Waals surface area (Å²) in [5, 5.41) is 14.6. The molecule has 4 aromatic rings. The molecule has 0 atom stereocenters. The molecular weight excluding hydrogens is 412 g/mol. The smallest absolute Gasteiger partial charge is 0.266 e. The second-order valence-corrected chi connectivity index (χ2v) is 7.32. The van der Waals surface area contributed by atoms with E-state index in [4.69, 9.17) is 9.47 Å². The third-order valence-electron chi connectivity index (χ3n) is 5.19. The predicted molar refractivity (Wildman–Crippen MR) is 130 cm³/mol. The van der Waals surface area contributed by atoms with Gasteiger partial charge in [0.15, 0.2) is 0 Å². The summed E-state index contributed by atoms with van der Waals surface area (Å²) in [5.41, 5.74) is 2.26. The molecule has 1 N–H and O–H groups in total. The minimum Gasteiger partial charge on any atom is -0.497 e. The van der Waals surface area contributed by atoms with E-state index in [0.29, 0.717) is 29.4 Å². The van der Waals surface area contributed by atoms with Crippen LogP contribution in [0.1, 0.15) is 11.1 Å². The fourth-order valence-electron chi connectivity index (χ4n) is 3.48. The van der Waals surface area contributed by atoms with Gasteiger partial charge in [-0.3, -0.25) is 4.79 Å². The summed E-state index contributed by atoms with van der Waals surface area (Å²) in [6.07, 6.45) is 1.54. The van der Waals surface area contributed by atoms with E-state index in [1.165, 1.54) is 6.08 Å². The Kier molecular flexibility index (Phi) is 6.67. The molecule has 0 bridgehead atoms. The van der Waals surface area contributed by atoms with Crippen LogP contribution >= 0.6 is 0 Å². The molecule has 0 fully saturated rings. The van der Waals surface area contributed by atoms with E-state index in [0.717, 1.165) is 16.3 Å². The largest absolute Gasteiger partial charge is 0.497 e. The maximum absolute atomic E-state index is 12.7. The monoisotopic (exact) mass is 434 g/mol. The molecule has 0 aliphatic heterocycles. The number of nitrogens with zero attached hydrogens (tertiary/aromatic N) is 1. The van der Waals surface area contributed by atoms with Crippen LogP contribution in [0.25, 0.3) is 16.8 Å². The molecule has 5 heteroatoms. The van der Waals surface area contributed by atoms with Gasteiger partial charge in [-0.05, 0) is 52.7 Å². The second kappa shape index (κ2) is 10.2. The first-order valence-corrected chi connectivity index (χ1v) is 10.4. The highest BCUT2D eigenvalue weighted by atomic mass is 16.5. The van der Waals surface area contributed by atoms with Gasteiger partial charge in [0.2, 0.25) is 0 Å². The Bertz CT molecular complexity index is 1350. The first kappa shape index (κ1) is 21.7. The van der Waals surface area contributed by atoms with Crippen LogP contribution in [0.5, 0.6) is 11.5 Å². The molecule has 0 radical (unpaired) electrons. The Balaban J connectivity index is 1.53. The number of nitriles is 1. The summed E-state index contributed by atoms with van der Waals surface area (Å²) in [4.78, 5) is 12.7. The van der Waals surface area contributed by atoms with E-state index >= 15 is 0 Å². The minimum absolute atomic E-state index is 0.0213. The Morgan fingerprint density at radius 1 is 0.939 bits per heavy atom. The van der Waals surface area contributed by atoms with Crippen LogP contribution in [0.15, 0.2) is 96.6 Å². The van der Waals surface area contributed by atoms with Gasteiger partial charge in [-0.1, -0.05) is 60.7 Å². The van der Waals surface area contributed by atoms with E-state index in [9.17, 15) is 10.1 Å². The lowest BCUT2D eigenvalue weighted by Crippen LogP contribution is -2.13. The number of hydrogen-bond donors (Lipinski definition) is 1. The van der Waals surface area contributed by atoms with E-state index < -0.39 is 5.91 Å². The normalized spacial score (nSPS) is 11.0. The van der Waals surface area contributed by atoms with Crippen molar-refractivity contribution in [3.63, 3.8) is 0 Å². The Hall–Kier alpha value is -4.56. The van der Waals surface area contributed by atoms with Crippen LogP contribution < -0.4 is 14.8 Å². The quantitative estimate of drug-likeness (QED) is 0.287. The molecule has 4 aromatic carbocycles. The van der Waals surface area contributed by atoms with Crippen molar-refractivity contribution < 1.29 is 14.3 Å². The number of carbonyl (C=O) groups is 1. The lowest BCUT2D eigenvalue weighted by molar-refractivity contribution is -0.112. The molecule has 0 spiro atoms. The van der Waals surface area contributed by atoms with Gasteiger partial charge in [-0.25, -0.2) is 0 Å². The summed E-state index contributed by atoms with van der Waals surface area (Å²) in [5.74, 6) is 0.781. The fraction of sp³-hybridized carbons (Fsp3) is 0.0714. The van der Waals surface area contributed by atoms with Crippen LogP contribution in [-0.2, 0) is 11.4 Å². The van der Waals surface area contributed by atoms with Gasteiger partial charge in [0.25, 0.3) is 5.91 Å². The van der Waals surface area contributed by atoms with E-state index in [1.54, 1.807) is 31.4 Å². The van der Waals surface area contributed by atoms with Crippen LogP contribution in [-0.4, -0.2) is 13.0 Å². The SMILES string of the molecule is COc1ccc(NC(=O)/C(C#N)=C/c2ccccc2OCc2cccc3ccccc23)cc1. The Morgan fingerprint density at radius 2 is 1.67 bits per heavy atom. The average Bonchev–Trinajstić information content (AvgIpc) is 2.87. The van der Waals surface area contributed by atoms with Crippen molar-refractivity contribution >= 4 is 28.4 Å². The van der Waals surface area contributed by atoms with Gasteiger partial charge in [0, 0.05) is 11.3 Å². The van der Waals surface area contributed by atoms with Crippen molar-refractivity contribution in [1.82, 2.24) is 0 Å². The number of amides is 1. The number of hydrogen-bond acceptors (Lipinski definition) is 4. The number of ether oxygens (including phenoxy) is 2. The number of rotatable bonds is 7. The van der Waals surface area contributed by atoms with E-state index in [2.05, 4.69) is 23.5 Å². The van der Waals surface area contributed by atoms with Gasteiger partial charge in [-0.2, -0.15) is 5.26 Å². The number of para-hydroxylation sites is 1. The van der Waals surface area contributed by atoms with Crippen LogP contribution in [0.3, 0.4) is 0 Å². The first-order chi connectivity index (χ1) is 16.2. The summed E-state index contributed by atoms with van der Waals surface area (Å²) in [6.45, 7) is 0.367. The van der Waals surface area contributed by atoms with Crippen molar-refractivity contribution in [3.05, 3.63) is 108 Å². The molecule has 33 heavy (non-hydrogen) atoms. The summed E-state index contributed by atoms with van der Waals surface area (Å²) in [6, 6.07) is 30.5. The molecule has 0 aromatic heterocycles. The number of anilines is 1. The predicted octanol–water partition coefficient (Wildman–Crippen LogP) is 5.97. The van der Waals surface area contributed by atoms with Gasteiger partial charge in [0.1, 0.15) is 29.7 Å². The third kappa shape index (κ3) is 5.20. The van der Waals surface area contributed by atoms with E-state index in [-0.39, 0.29) is 5.57 Å². The number of fused-ring (bicyclic) bond motifs is 1. The standard InChI is InChI=1S/C28H22N2O3/c1-32-25-15-13-24(14-16-25)30-28(31)23(18-29)17-21-8-3-5-12-27(21)33-19-22-10-6-9-20-7-2-4-11-26(20)22/h2-17H,19H2,1H3,(H,30,31)/b23-17+. The van der Waals surface area contributed by atoms with Crippen molar-refractivity contribution in [1.29, 1.82) is 5.26 Å². The highest BCUT2D eigenvalue weighted by Crippen LogP contribution is 2.25. The maximum atomic E-state index is 12.7. The third-order valence-corrected chi connectivity index (χ3v) is 5.19. The number of benzene rings is 4. The molecule has 0 unspecified atom stereocenters. The topological polar surface area (TPSA) is 71.3 Å². The molecule has 5 nitrogen and oxygen atoms in total. The van der Waals surface area contributed by atoms with E-state index in [1.807, 2.05) is 54.6 Å². The summed E-state index contributed by atoms with van der Waals surface area (Å²) in [7, 11) is 1.57. The lowest BCUT2D eigenvalue weighted by atomic mass is 10.1. The van der Waals surface area contributed by atoms with Gasteiger partial charge < -0.3 is 14.8 Å². The van der Waals surface area contributed by atoms with Crippen molar-refractivity contribution in [3.8, 4) is 17.6 Å². The first-order valence-electron chi connectivity index (χ1n) is 10.4. The molecular formula is C28H22N2O3. The molecule has 4 rings (SSSR count). The van der Waals surface area contributed by atoms with Gasteiger partial charge >= 0.3 is 0 Å². The minimum atomic E-state index is -0.494. The van der Waals surface area contributed by atoms with Gasteiger partial charge in [0.05, 0.1) is 7.11 Å². The molecule has 0 aliphatic carbocycles. The zero-order chi connectivity index (χ0) is 23.0. The van der Waals surface area contributed by atoms with Crippen LogP contribution in [0, 0.1) is 11.3 Å². The number of nitrogens with one attached hydrogen (secondary N) is 1. The zero-order valence-corrected chi connectivity index (χ0v) is 18.1. The van der Waals surface area contributed by atoms with Gasteiger partial charge in [-0.15, -0.1) is 0 Å². The summed E-state index contributed by atoms with van der Waals surface area (Å²) >= 11 is 0. The highest BCUT2D eigenvalue weighted by Gasteiger charge is 2.12. The molecule has 162 valence electrons.